The molecular weight excluding hydrogens is 348 g/mol. The molecule has 0 radical (unpaired) electrons. The second-order valence-corrected chi connectivity index (χ2v) is 8.18. The van der Waals surface area contributed by atoms with Crippen molar-refractivity contribution in [3.8, 4) is 5.75 Å². The molecule has 2 N–H and O–H groups in total. The number of rotatable bonds is 5. The molecule has 146 valence electrons. The smallest absolute Gasteiger partial charge is 0.251 e. The number of aromatic amines is 1. The van der Waals surface area contributed by atoms with Crippen LogP contribution in [0.1, 0.15) is 54.4 Å². The average molecular weight is 377 g/mol. The Morgan fingerprint density at radius 2 is 2.00 bits per heavy atom. The predicted octanol–water partition coefficient (Wildman–Crippen LogP) is 5.01. The van der Waals surface area contributed by atoms with Gasteiger partial charge in [0.05, 0.1) is 6.10 Å². The predicted molar refractivity (Wildman–Crippen MR) is 113 cm³/mol. The Morgan fingerprint density at radius 1 is 1.21 bits per heavy atom. The maximum atomic E-state index is 12.5. The van der Waals surface area contributed by atoms with Crippen LogP contribution in [-0.4, -0.2) is 17.0 Å². The number of benzene rings is 2. The van der Waals surface area contributed by atoms with Crippen LogP contribution in [0.15, 0.2) is 42.5 Å². The fourth-order valence-corrected chi connectivity index (χ4v) is 3.99. The number of fused-ring (bicyclic) bond motifs is 3. The molecule has 1 atom stereocenters. The summed E-state index contributed by atoms with van der Waals surface area (Å²) in [6, 6.07) is 13.7. The standard InChI is InChI=1S/C24H28N2O2/c1-15(2)28-19-8-6-18(7-9-19)24(27)25-14-17-5-11-23-21(13-17)20-12-16(3)4-10-22(20)26-23/h5-9,11,13,15-16,26H,4,10,12,14H2,1-3H3,(H,25,27). The van der Waals surface area contributed by atoms with E-state index >= 15 is 0 Å². The largest absolute Gasteiger partial charge is 0.491 e. The molecule has 1 amide bonds. The molecule has 0 aliphatic heterocycles. The summed E-state index contributed by atoms with van der Waals surface area (Å²) >= 11 is 0. The number of H-pyrrole nitrogens is 1. The molecule has 1 aliphatic rings. The summed E-state index contributed by atoms with van der Waals surface area (Å²) < 4.78 is 5.63. The molecule has 3 aromatic rings. The molecule has 1 heterocycles. The van der Waals surface area contributed by atoms with Gasteiger partial charge in [0.2, 0.25) is 0 Å². The van der Waals surface area contributed by atoms with Crippen LogP contribution in [0, 0.1) is 5.92 Å². The summed E-state index contributed by atoms with van der Waals surface area (Å²) in [5, 5.41) is 4.34. The number of aryl methyl sites for hydroxylation is 1. The lowest BCUT2D eigenvalue weighted by Crippen LogP contribution is -2.22. The van der Waals surface area contributed by atoms with Crippen molar-refractivity contribution in [2.45, 2.75) is 52.7 Å². The molecule has 1 aromatic heterocycles. The zero-order chi connectivity index (χ0) is 19.7. The Kier molecular flexibility index (Phi) is 5.12. The summed E-state index contributed by atoms with van der Waals surface area (Å²) in [5.41, 5.74) is 5.82. The SMILES string of the molecule is CC1CCc2[nH]c3ccc(CNC(=O)c4ccc(OC(C)C)cc4)cc3c2C1. The number of hydrogen-bond acceptors (Lipinski definition) is 2. The van der Waals surface area contributed by atoms with E-state index in [0.717, 1.165) is 30.1 Å². The zero-order valence-electron chi connectivity index (χ0n) is 16.8. The van der Waals surface area contributed by atoms with Crippen molar-refractivity contribution in [1.82, 2.24) is 10.3 Å². The summed E-state index contributed by atoms with van der Waals surface area (Å²) in [6.45, 7) is 6.82. The molecular formula is C24H28N2O2. The van der Waals surface area contributed by atoms with Crippen molar-refractivity contribution in [2.75, 3.05) is 0 Å². The normalized spacial score (nSPS) is 16.2. The van der Waals surface area contributed by atoms with Gasteiger partial charge in [-0.05, 0) is 86.6 Å². The van der Waals surface area contributed by atoms with Gasteiger partial charge < -0.3 is 15.0 Å². The quantitative estimate of drug-likeness (QED) is 0.658. The molecule has 0 bridgehead atoms. The van der Waals surface area contributed by atoms with Gasteiger partial charge in [-0.25, -0.2) is 0 Å². The van der Waals surface area contributed by atoms with Crippen molar-refractivity contribution >= 4 is 16.8 Å². The van der Waals surface area contributed by atoms with Crippen molar-refractivity contribution in [2.24, 2.45) is 5.92 Å². The molecule has 1 unspecified atom stereocenters. The third-order valence-corrected chi connectivity index (χ3v) is 5.44. The van der Waals surface area contributed by atoms with Gasteiger partial charge in [-0.15, -0.1) is 0 Å². The summed E-state index contributed by atoms with van der Waals surface area (Å²) in [5.74, 6) is 1.45. The minimum atomic E-state index is -0.0686. The summed E-state index contributed by atoms with van der Waals surface area (Å²) in [7, 11) is 0. The first-order valence-corrected chi connectivity index (χ1v) is 10.2. The highest BCUT2D eigenvalue weighted by Gasteiger charge is 2.19. The highest BCUT2D eigenvalue weighted by molar-refractivity contribution is 5.94. The van der Waals surface area contributed by atoms with Gasteiger partial charge in [0.1, 0.15) is 5.75 Å². The lowest BCUT2D eigenvalue weighted by atomic mass is 9.87. The molecule has 0 fully saturated rings. The van der Waals surface area contributed by atoms with Crippen molar-refractivity contribution < 1.29 is 9.53 Å². The van der Waals surface area contributed by atoms with E-state index in [1.165, 1.54) is 28.6 Å². The molecule has 28 heavy (non-hydrogen) atoms. The van der Waals surface area contributed by atoms with Gasteiger partial charge in [-0.1, -0.05) is 13.0 Å². The Bertz CT molecular complexity index is 986. The highest BCUT2D eigenvalue weighted by Crippen LogP contribution is 2.32. The van der Waals surface area contributed by atoms with E-state index in [4.69, 9.17) is 4.74 Å². The van der Waals surface area contributed by atoms with E-state index in [1.54, 1.807) is 12.1 Å². The molecule has 0 saturated heterocycles. The van der Waals surface area contributed by atoms with E-state index in [0.29, 0.717) is 12.1 Å². The summed E-state index contributed by atoms with van der Waals surface area (Å²) in [4.78, 5) is 16.1. The number of hydrogen-bond donors (Lipinski definition) is 2. The van der Waals surface area contributed by atoms with Crippen LogP contribution in [0.25, 0.3) is 10.9 Å². The van der Waals surface area contributed by atoms with Crippen LogP contribution < -0.4 is 10.1 Å². The molecule has 2 aromatic carbocycles. The minimum Gasteiger partial charge on any atom is -0.491 e. The van der Waals surface area contributed by atoms with Gasteiger partial charge in [-0.2, -0.15) is 0 Å². The fraction of sp³-hybridized carbons (Fsp3) is 0.375. The number of ether oxygens (including phenoxy) is 1. The molecule has 0 spiro atoms. The second kappa shape index (κ2) is 7.70. The van der Waals surface area contributed by atoms with Gasteiger partial charge in [0.15, 0.2) is 0 Å². The zero-order valence-corrected chi connectivity index (χ0v) is 16.8. The van der Waals surface area contributed by atoms with E-state index in [9.17, 15) is 4.79 Å². The fourth-order valence-electron chi connectivity index (χ4n) is 3.99. The second-order valence-electron chi connectivity index (χ2n) is 8.18. The maximum absolute atomic E-state index is 12.5. The van der Waals surface area contributed by atoms with E-state index in [1.807, 2.05) is 26.0 Å². The van der Waals surface area contributed by atoms with Gasteiger partial charge in [-0.3, -0.25) is 4.79 Å². The van der Waals surface area contributed by atoms with Gasteiger partial charge >= 0.3 is 0 Å². The third kappa shape index (κ3) is 3.91. The first-order chi connectivity index (χ1) is 13.5. The molecule has 1 aliphatic carbocycles. The van der Waals surface area contributed by atoms with Crippen molar-refractivity contribution in [1.29, 1.82) is 0 Å². The van der Waals surface area contributed by atoms with Crippen LogP contribution in [0.5, 0.6) is 5.75 Å². The van der Waals surface area contributed by atoms with Crippen LogP contribution in [0.4, 0.5) is 0 Å². The van der Waals surface area contributed by atoms with E-state index in [2.05, 4.69) is 35.4 Å². The average Bonchev–Trinajstić information content (AvgIpc) is 3.03. The van der Waals surface area contributed by atoms with Gasteiger partial charge in [0.25, 0.3) is 5.91 Å². The maximum Gasteiger partial charge on any atom is 0.251 e. The Morgan fingerprint density at radius 3 is 2.75 bits per heavy atom. The third-order valence-electron chi connectivity index (χ3n) is 5.44. The van der Waals surface area contributed by atoms with Crippen molar-refractivity contribution in [3.63, 3.8) is 0 Å². The Hall–Kier alpha value is -2.75. The van der Waals surface area contributed by atoms with E-state index in [-0.39, 0.29) is 12.0 Å². The van der Waals surface area contributed by atoms with Crippen LogP contribution in [0.3, 0.4) is 0 Å². The molecule has 4 rings (SSSR count). The highest BCUT2D eigenvalue weighted by atomic mass is 16.5. The summed E-state index contributed by atoms with van der Waals surface area (Å²) in [6.07, 6.45) is 3.64. The molecule has 4 heteroatoms. The number of amides is 1. The lowest BCUT2D eigenvalue weighted by Gasteiger charge is -2.18. The Labute approximate surface area is 166 Å². The monoisotopic (exact) mass is 376 g/mol. The van der Waals surface area contributed by atoms with Crippen LogP contribution in [-0.2, 0) is 19.4 Å². The van der Waals surface area contributed by atoms with Crippen LogP contribution >= 0.6 is 0 Å². The van der Waals surface area contributed by atoms with Crippen molar-refractivity contribution in [3.05, 3.63) is 64.8 Å². The number of carbonyl (C=O) groups is 1. The first-order valence-electron chi connectivity index (χ1n) is 10.2. The topological polar surface area (TPSA) is 54.1 Å². The minimum absolute atomic E-state index is 0.0686. The van der Waals surface area contributed by atoms with E-state index < -0.39 is 0 Å². The number of aromatic nitrogens is 1. The Balaban J connectivity index is 1.45. The molecule has 4 nitrogen and oxygen atoms in total. The number of carbonyl (C=O) groups excluding carboxylic acids is 1. The number of nitrogens with one attached hydrogen (secondary N) is 2. The lowest BCUT2D eigenvalue weighted by molar-refractivity contribution is 0.0951. The van der Waals surface area contributed by atoms with Gasteiger partial charge in [0, 0.05) is 28.7 Å². The van der Waals surface area contributed by atoms with Crippen LogP contribution in [0.2, 0.25) is 0 Å². The molecule has 0 saturated carbocycles. The first kappa shape index (κ1) is 18.6.